The van der Waals surface area contributed by atoms with Crippen molar-refractivity contribution in [1.29, 1.82) is 0 Å². The van der Waals surface area contributed by atoms with Crippen LogP contribution in [0, 0.1) is 32.5 Å². The Hall–Kier alpha value is -1.84. The van der Waals surface area contributed by atoms with E-state index in [1.54, 1.807) is 0 Å². The normalized spacial score (nSPS) is 21.6. The summed E-state index contributed by atoms with van der Waals surface area (Å²) in [6, 6.07) is 1.46. The molecule has 1 aromatic carbocycles. The molecule has 2 rings (SSSR count). The van der Waals surface area contributed by atoms with E-state index in [0.29, 0.717) is 12.0 Å². The van der Waals surface area contributed by atoms with Crippen LogP contribution >= 0.6 is 0 Å². The second kappa shape index (κ2) is 6.73. The fraction of sp³-hybridized carbons (Fsp3) is 0.526. The van der Waals surface area contributed by atoms with Gasteiger partial charge in [0.05, 0.1) is 0 Å². The van der Waals surface area contributed by atoms with Crippen molar-refractivity contribution in [2.75, 3.05) is 0 Å². The van der Waals surface area contributed by atoms with Crippen molar-refractivity contribution >= 4 is 17.3 Å². The Kier molecular flexibility index (Phi) is 5.12. The minimum Gasteiger partial charge on any atom is -0.298 e. The van der Waals surface area contributed by atoms with Crippen molar-refractivity contribution in [1.82, 2.24) is 0 Å². The zero-order valence-corrected chi connectivity index (χ0v) is 14.2. The van der Waals surface area contributed by atoms with Crippen LogP contribution in [0.1, 0.15) is 60.8 Å². The molecule has 0 atom stereocenters. The van der Waals surface area contributed by atoms with E-state index in [4.69, 9.17) is 0 Å². The highest BCUT2D eigenvalue weighted by Crippen LogP contribution is 2.37. The molecule has 0 amide bonds. The molecule has 1 aliphatic rings. The molecule has 0 spiro atoms. The number of aryl methyl sites for hydroxylation is 1. The second-order valence-corrected chi connectivity index (χ2v) is 6.53. The summed E-state index contributed by atoms with van der Waals surface area (Å²) >= 11 is 0. The largest absolute Gasteiger partial charge is 0.298 e. The van der Waals surface area contributed by atoms with Gasteiger partial charge in [-0.2, -0.15) is 0 Å². The number of carbonyl (C=O) groups excluding carboxylic acids is 3. The number of ketones is 3. The van der Waals surface area contributed by atoms with Crippen LogP contribution in [0.3, 0.4) is 0 Å². The summed E-state index contributed by atoms with van der Waals surface area (Å²) in [7, 11) is 0. The number of carbonyl (C=O) groups is 3. The lowest BCUT2D eigenvalue weighted by Crippen LogP contribution is -2.38. The third-order valence-electron chi connectivity index (χ3n) is 4.92. The smallest absolute Gasteiger partial charge is 0.151 e. The minimum atomic E-state index is -1.12. The topological polar surface area (TPSA) is 51.2 Å². The second-order valence-electron chi connectivity index (χ2n) is 6.53. The van der Waals surface area contributed by atoms with Gasteiger partial charge in [0, 0.05) is 25.2 Å². The van der Waals surface area contributed by atoms with Crippen LogP contribution in [0.4, 0.5) is 4.39 Å². The van der Waals surface area contributed by atoms with Crippen LogP contribution in [0.2, 0.25) is 0 Å². The Balaban J connectivity index is 2.33. The molecule has 0 unspecified atom stereocenters. The number of Topliss-reactive ketones (excluding diaryl/α,β-unsaturated/α-hetero) is 3. The average molecular weight is 318 g/mol. The van der Waals surface area contributed by atoms with E-state index in [9.17, 15) is 18.8 Å². The summed E-state index contributed by atoms with van der Waals surface area (Å²) in [5, 5.41) is 0. The van der Waals surface area contributed by atoms with E-state index in [-0.39, 0.29) is 42.4 Å². The van der Waals surface area contributed by atoms with Gasteiger partial charge in [-0.15, -0.1) is 0 Å². The van der Waals surface area contributed by atoms with Gasteiger partial charge >= 0.3 is 0 Å². The first-order valence-electron chi connectivity index (χ1n) is 8.12. The van der Waals surface area contributed by atoms with Crippen molar-refractivity contribution in [2.45, 2.75) is 59.3 Å². The van der Waals surface area contributed by atoms with Crippen LogP contribution in [0.25, 0.3) is 0 Å². The molecule has 0 radical (unpaired) electrons. The van der Waals surface area contributed by atoms with Crippen molar-refractivity contribution in [2.24, 2.45) is 5.92 Å². The van der Waals surface area contributed by atoms with E-state index in [1.807, 2.05) is 27.7 Å². The molecule has 0 heterocycles. The molecule has 0 N–H and O–H groups in total. The number of hydrogen-bond acceptors (Lipinski definition) is 3. The fourth-order valence-corrected chi connectivity index (χ4v) is 3.48. The Morgan fingerprint density at radius 3 is 2.22 bits per heavy atom. The Labute approximate surface area is 136 Å². The molecule has 1 aliphatic carbocycles. The molecule has 0 bridgehead atoms. The summed E-state index contributed by atoms with van der Waals surface area (Å²) in [6.07, 6.45) is 0.978. The minimum absolute atomic E-state index is 0.0616. The van der Waals surface area contributed by atoms with Gasteiger partial charge < -0.3 is 0 Å². The van der Waals surface area contributed by atoms with Crippen molar-refractivity contribution in [3.8, 4) is 0 Å². The van der Waals surface area contributed by atoms with Gasteiger partial charge in [0.1, 0.15) is 11.7 Å². The summed E-state index contributed by atoms with van der Waals surface area (Å²) in [6.45, 7) is 7.41. The van der Waals surface area contributed by atoms with Gasteiger partial charge in [-0.1, -0.05) is 6.92 Å². The molecular formula is C19H23FO3. The predicted octanol–water partition coefficient (Wildman–Crippen LogP) is 3.75. The van der Waals surface area contributed by atoms with Crippen molar-refractivity contribution in [3.05, 3.63) is 34.1 Å². The highest BCUT2D eigenvalue weighted by molar-refractivity contribution is 6.21. The van der Waals surface area contributed by atoms with Gasteiger partial charge in [0.15, 0.2) is 17.3 Å². The van der Waals surface area contributed by atoms with Gasteiger partial charge in [-0.05, 0) is 55.5 Å². The lowest BCUT2D eigenvalue weighted by molar-refractivity contribution is -0.142. The van der Waals surface area contributed by atoms with Crippen molar-refractivity contribution < 1.29 is 18.8 Å². The lowest BCUT2D eigenvalue weighted by Gasteiger charge is -2.28. The third kappa shape index (κ3) is 3.26. The van der Waals surface area contributed by atoms with Gasteiger partial charge in [0.2, 0.25) is 0 Å². The van der Waals surface area contributed by atoms with Gasteiger partial charge in [-0.25, -0.2) is 4.39 Å². The molecule has 1 aromatic rings. The number of rotatable bonds is 4. The maximum atomic E-state index is 14.4. The Morgan fingerprint density at radius 1 is 1.13 bits per heavy atom. The first-order chi connectivity index (χ1) is 10.8. The molecule has 0 aromatic heterocycles. The lowest BCUT2D eigenvalue weighted by atomic mass is 9.73. The maximum absolute atomic E-state index is 14.4. The Bertz CT molecular complexity index is 658. The Morgan fingerprint density at radius 2 is 1.70 bits per heavy atom. The van der Waals surface area contributed by atoms with Crippen LogP contribution in [0.15, 0.2) is 6.07 Å². The molecular weight excluding hydrogens is 295 g/mol. The van der Waals surface area contributed by atoms with Gasteiger partial charge in [-0.3, -0.25) is 14.4 Å². The molecule has 1 fully saturated rings. The highest BCUT2D eigenvalue weighted by atomic mass is 19.1. The maximum Gasteiger partial charge on any atom is 0.151 e. The summed E-state index contributed by atoms with van der Waals surface area (Å²) in [4.78, 5) is 36.6. The highest BCUT2D eigenvalue weighted by Gasteiger charge is 2.41. The molecule has 0 saturated heterocycles. The molecule has 3 nitrogen and oxygen atoms in total. The number of benzene rings is 1. The van der Waals surface area contributed by atoms with Crippen LogP contribution < -0.4 is 0 Å². The third-order valence-corrected chi connectivity index (χ3v) is 4.92. The molecule has 23 heavy (non-hydrogen) atoms. The number of halogens is 1. The first-order valence-corrected chi connectivity index (χ1v) is 8.12. The molecule has 1 saturated carbocycles. The zero-order valence-electron chi connectivity index (χ0n) is 14.2. The monoisotopic (exact) mass is 318 g/mol. The SMILES string of the molecule is CCCC(=O)C1C(=O)CC(c2c(F)cc(C)c(C)c2C)CC1=O. The van der Waals surface area contributed by atoms with E-state index >= 15 is 0 Å². The standard InChI is InChI=1S/C19H23FO3/c1-5-6-15(21)19-16(22)8-13(9-17(19)23)18-12(4)11(3)10(2)7-14(18)20/h7,13,19H,5-6,8-9H2,1-4H3. The number of hydrogen-bond donors (Lipinski definition) is 0. The quantitative estimate of drug-likeness (QED) is 0.794. The van der Waals surface area contributed by atoms with Crippen LogP contribution in [0.5, 0.6) is 0 Å². The molecule has 4 heteroatoms. The summed E-state index contributed by atoms with van der Waals surface area (Å²) in [5.74, 6) is -2.96. The van der Waals surface area contributed by atoms with E-state index in [2.05, 4.69) is 0 Å². The first kappa shape index (κ1) is 17.5. The summed E-state index contributed by atoms with van der Waals surface area (Å²) in [5.41, 5.74) is 3.08. The van der Waals surface area contributed by atoms with Crippen LogP contribution in [-0.2, 0) is 14.4 Å². The van der Waals surface area contributed by atoms with E-state index in [0.717, 1.165) is 16.7 Å². The fourth-order valence-electron chi connectivity index (χ4n) is 3.48. The summed E-state index contributed by atoms with van der Waals surface area (Å²) < 4.78 is 14.4. The van der Waals surface area contributed by atoms with Crippen molar-refractivity contribution in [3.63, 3.8) is 0 Å². The van der Waals surface area contributed by atoms with E-state index in [1.165, 1.54) is 6.07 Å². The predicted molar refractivity (Wildman–Crippen MR) is 86.0 cm³/mol. The van der Waals surface area contributed by atoms with Crippen LogP contribution in [-0.4, -0.2) is 17.3 Å². The van der Waals surface area contributed by atoms with E-state index < -0.39 is 11.8 Å². The average Bonchev–Trinajstić information content (AvgIpc) is 2.44. The molecule has 0 aliphatic heterocycles. The zero-order chi connectivity index (χ0) is 17.3. The molecule has 124 valence electrons. The van der Waals surface area contributed by atoms with Gasteiger partial charge in [0.25, 0.3) is 0 Å².